The van der Waals surface area contributed by atoms with Crippen LogP contribution in [-0.2, 0) is 4.79 Å². The highest BCUT2D eigenvalue weighted by Gasteiger charge is 2.34. The first-order valence-electron chi connectivity index (χ1n) is 6.37. The van der Waals surface area contributed by atoms with E-state index in [1.807, 2.05) is 13.8 Å². The molecule has 4 heteroatoms. The number of benzene rings is 1. The lowest BCUT2D eigenvalue weighted by molar-refractivity contribution is -0.122. The van der Waals surface area contributed by atoms with Crippen molar-refractivity contribution in [3.8, 4) is 5.75 Å². The average Bonchev–Trinajstić information content (AvgIpc) is 2.33. The molecule has 18 heavy (non-hydrogen) atoms. The minimum absolute atomic E-state index is 0.00371. The van der Waals surface area contributed by atoms with Crippen LogP contribution in [0.5, 0.6) is 5.75 Å². The lowest BCUT2D eigenvalue weighted by atomic mass is 9.90. The lowest BCUT2D eigenvalue weighted by Crippen LogP contribution is -2.54. The molecule has 1 heterocycles. The first-order chi connectivity index (χ1) is 8.51. The van der Waals surface area contributed by atoms with E-state index in [0.717, 1.165) is 37.1 Å². The maximum Gasteiger partial charge on any atom is 0.244 e. The number of rotatable bonds is 2. The van der Waals surface area contributed by atoms with E-state index in [9.17, 15) is 9.90 Å². The van der Waals surface area contributed by atoms with Gasteiger partial charge in [0.25, 0.3) is 0 Å². The molecule has 1 atom stereocenters. The van der Waals surface area contributed by atoms with E-state index in [1.54, 1.807) is 18.2 Å². The zero-order valence-corrected chi connectivity index (χ0v) is 10.9. The van der Waals surface area contributed by atoms with Crippen molar-refractivity contribution in [2.45, 2.75) is 38.6 Å². The number of phenols is 1. The van der Waals surface area contributed by atoms with Gasteiger partial charge >= 0.3 is 0 Å². The quantitative estimate of drug-likeness (QED) is 0.703. The van der Waals surface area contributed by atoms with Gasteiger partial charge in [-0.2, -0.15) is 0 Å². The number of carbonyl (C=O) groups excluding carboxylic acids is 1. The van der Waals surface area contributed by atoms with Crippen molar-refractivity contribution < 1.29 is 9.90 Å². The Labute approximate surface area is 107 Å². The Morgan fingerprint density at radius 3 is 2.83 bits per heavy atom. The summed E-state index contributed by atoms with van der Waals surface area (Å²) in [5, 5.41) is 15.6. The molecule has 1 amide bonds. The van der Waals surface area contributed by atoms with E-state index in [1.165, 1.54) is 0 Å². The Bertz CT molecular complexity index is 451. The highest BCUT2D eigenvalue weighted by Crippen LogP contribution is 2.24. The first kappa shape index (κ1) is 12.9. The van der Waals surface area contributed by atoms with E-state index in [-0.39, 0.29) is 11.7 Å². The Morgan fingerprint density at radius 1 is 1.44 bits per heavy atom. The number of anilines is 1. The van der Waals surface area contributed by atoms with Crippen molar-refractivity contribution in [2.75, 3.05) is 11.9 Å². The molecule has 3 N–H and O–H groups in total. The molecule has 1 unspecified atom stereocenters. The van der Waals surface area contributed by atoms with Gasteiger partial charge in [0.05, 0.1) is 5.54 Å². The van der Waals surface area contributed by atoms with Crippen LogP contribution < -0.4 is 10.6 Å². The van der Waals surface area contributed by atoms with Gasteiger partial charge in [0, 0.05) is 5.69 Å². The molecule has 1 fully saturated rings. The topological polar surface area (TPSA) is 61.4 Å². The third kappa shape index (κ3) is 2.64. The van der Waals surface area contributed by atoms with Crippen LogP contribution in [0.3, 0.4) is 0 Å². The maximum atomic E-state index is 12.3. The second-order valence-corrected chi connectivity index (χ2v) is 5.17. The molecule has 1 aliphatic rings. The monoisotopic (exact) mass is 248 g/mol. The molecule has 4 nitrogen and oxygen atoms in total. The predicted octanol–water partition coefficient (Wildman–Crippen LogP) is 2.17. The molecule has 1 saturated heterocycles. The summed E-state index contributed by atoms with van der Waals surface area (Å²) in [5.41, 5.74) is 1.14. The van der Waals surface area contributed by atoms with Crippen molar-refractivity contribution in [1.29, 1.82) is 0 Å². The summed E-state index contributed by atoms with van der Waals surface area (Å²) in [6, 6.07) is 4.96. The fourth-order valence-electron chi connectivity index (χ4n) is 2.30. The van der Waals surface area contributed by atoms with Gasteiger partial charge in [-0.25, -0.2) is 0 Å². The van der Waals surface area contributed by atoms with Crippen molar-refractivity contribution in [1.82, 2.24) is 5.32 Å². The SMILES string of the molecule is Cc1cc(O)ccc1NC(=O)C1(C)CCCCN1. The van der Waals surface area contributed by atoms with Crippen LogP contribution in [0.1, 0.15) is 31.7 Å². The lowest BCUT2D eigenvalue weighted by Gasteiger charge is -2.33. The van der Waals surface area contributed by atoms with Gasteiger partial charge in [0.2, 0.25) is 5.91 Å². The Morgan fingerprint density at radius 2 is 2.22 bits per heavy atom. The molecule has 0 aliphatic carbocycles. The Hall–Kier alpha value is -1.55. The van der Waals surface area contributed by atoms with Crippen molar-refractivity contribution in [3.63, 3.8) is 0 Å². The smallest absolute Gasteiger partial charge is 0.244 e. The third-order valence-electron chi connectivity index (χ3n) is 3.58. The number of hydrogen-bond acceptors (Lipinski definition) is 3. The largest absolute Gasteiger partial charge is 0.508 e. The number of aromatic hydroxyl groups is 1. The van der Waals surface area contributed by atoms with E-state index in [2.05, 4.69) is 10.6 Å². The molecule has 0 aromatic heterocycles. The van der Waals surface area contributed by atoms with Crippen LogP contribution in [0, 0.1) is 6.92 Å². The van der Waals surface area contributed by atoms with Crippen molar-refractivity contribution >= 4 is 11.6 Å². The zero-order chi connectivity index (χ0) is 13.2. The van der Waals surface area contributed by atoms with Crippen LogP contribution >= 0.6 is 0 Å². The maximum absolute atomic E-state index is 12.3. The van der Waals surface area contributed by atoms with E-state index >= 15 is 0 Å². The van der Waals surface area contributed by atoms with E-state index < -0.39 is 5.54 Å². The standard InChI is InChI=1S/C14H20N2O2/c1-10-9-11(17)5-6-12(10)16-13(18)14(2)7-3-4-8-15-14/h5-6,9,15,17H,3-4,7-8H2,1-2H3,(H,16,18). The highest BCUT2D eigenvalue weighted by molar-refractivity contribution is 5.98. The fraction of sp³-hybridized carbons (Fsp3) is 0.500. The number of amides is 1. The number of carbonyl (C=O) groups is 1. The van der Waals surface area contributed by atoms with Gasteiger partial charge in [-0.15, -0.1) is 0 Å². The van der Waals surface area contributed by atoms with Crippen LogP contribution in [0.2, 0.25) is 0 Å². The summed E-state index contributed by atoms with van der Waals surface area (Å²) in [5.74, 6) is 0.212. The summed E-state index contributed by atoms with van der Waals surface area (Å²) < 4.78 is 0. The molecule has 98 valence electrons. The van der Waals surface area contributed by atoms with Gasteiger partial charge in [0.15, 0.2) is 0 Å². The second-order valence-electron chi connectivity index (χ2n) is 5.17. The number of phenolic OH excluding ortho intramolecular Hbond substituents is 1. The van der Waals surface area contributed by atoms with Crippen LogP contribution in [0.4, 0.5) is 5.69 Å². The third-order valence-corrected chi connectivity index (χ3v) is 3.58. The van der Waals surface area contributed by atoms with Crippen LogP contribution in [0.25, 0.3) is 0 Å². The Balaban J connectivity index is 2.11. The predicted molar refractivity (Wildman–Crippen MR) is 71.7 cm³/mol. The summed E-state index contributed by atoms with van der Waals surface area (Å²) >= 11 is 0. The molecule has 0 spiro atoms. The fourth-order valence-corrected chi connectivity index (χ4v) is 2.30. The molecule has 1 aliphatic heterocycles. The molecule has 0 radical (unpaired) electrons. The zero-order valence-electron chi connectivity index (χ0n) is 10.9. The van der Waals surface area contributed by atoms with Crippen molar-refractivity contribution in [3.05, 3.63) is 23.8 Å². The summed E-state index contributed by atoms with van der Waals surface area (Å²) in [6.45, 7) is 4.70. The van der Waals surface area contributed by atoms with Gasteiger partial charge in [-0.1, -0.05) is 0 Å². The van der Waals surface area contributed by atoms with Gasteiger partial charge in [0.1, 0.15) is 5.75 Å². The van der Waals surface area contributed by atoms with Crippen LogP contribution in [0.15, 0.2) is 18.2 Å². The van der Waals surface area contributed by atoms with Gasteiger partial charge in [-0.3, -0.25) is 4.79 Å². The molecule has 0 saturated carbocycles. The minimum Gasteiger partial charge on any atom is -0.508 e. The first-order valence-corrected chi connectivity index (χ1v) is 6.37. The van der Waals surface area contributed by atoms with E-state index in [0.29, 0.717) is 0 Å². The summed E-state index contributed by atoms with van der Waals surface area (Å²) in [6.07, 6.45) is 3.06. The molecular weight excluding hydrogens is 228 g/mol. The molecule has 0 bridgehead atoms. The number of nitrogens with one attached hydrogen (secondary N) is 2. The molecular formula is C14H20N2O2. The summed E-state index contributed by atoms with van der Waals surface area (Å²) in [4.78, 5) is 12.3. The summed E-state index contributed by atoms with van der Waals surface area (Å²) in [7, 11) is 0. The average molecular weight is 248 g/mol. The van der Waals surface area contributed by atoms with Gasteiger partial charge < -0.3 is 15.7 Å². The number of hydrogen-bond donors (Lipinski definition) is 3. The molecule has 1 aromatic carbocycles. The molecule has 2 rings (SSSR count). The van der Waals surface area contributed by atoms with Gasteiger partial charge in [-0.05, 0) is 63.4 Å². The minimum atomic E-state index is -0.484. The normalized spacial score (nSPS) is 23.7. The molecule has 1 aromatic rings. The highest BCUT2D eigenvalue weighted by atomic mass is 16.3. The Kier molecular flexibility index (Phi) is 3.57. The number of aryl methyl sites for hydroxylation is 1. The second kappa shape index (κ2) is 4.98. The van der Waals surface area contributed by atoms with E-state index in [4.69, 9.17) is 0 Å². The van der Waals surface area contributed by atoms with Crippen LogP contribution in [-0.4, -0.2) is 23.1 Å². The van der Waals surface area contributed by atoms with Crippen molar-refractivity contribution in [2.24, 2.45) is 0 Å². The number of piperidine rings is 1.